The van der Waals surface area contributed by atoms with E-state index in [2.05, 4.69) is 86.4 Å². The number of aryl methyl sites for hydroxylation is 1. The molecule has 2 aromatic carbocycles. The van der Waals surface area contributed by atoms with Gasteiger partial charge in [-0.15, -0.1) is 0 Å². The van der Waals surface area contributed by atoms with Gasteiger partial charge < -0.3 is 13.7 Å². The first-order valence-corrected chi connectivity index (χ1v) is 12.7. The summed E-state index contributed by atoms with van der Waals surface area (Å²) in [5, 5.41) is 2.52. The Morgan fingerprint density at radius 2 is 1.58 bits per heavy atom. The van der Waals surface area contributed by atoms with Crippen LogP contribution in [0.1, 0.15) is 44.6 Å². The molecule has 1 aromatic heterocycles. The second kappa shape index (κ2) is 10.1. The molecule has 0 N–H and O–H groups in total. The predicted octanol–water partition coefficient (Wildman–Crippen LogP) is 4.03. The number of carbonyl (C=O) groups excluding carboxylic acids is 1. The molecular formula is C25H32N2O3Si. The number of aromatic nitrogens is 2. The molecule has 0 spiro atoms. The summed E-state index contributed by atoms with van der Waals surface area (Å²) >= 11 is 0. The van der Waals surface area contributed by atoms with Crippen LogP contribution in [0.3, 0.4) is 0 Å². The van der Waals surface area contributed by atoms with E-state index < -0.39 is 8.32 Å². The third kappa shape index (κ3) is 5.14. The lowest BCUT2D eigenvalue weighted by Crippen LogP contribution is -2.66. The fourth-order valence-electron chi connectivity index (χ4n) is 4.03. The number of esters is 1. The highest BCUT2D eigenvalue weighted by Gasteiger charge is 2.49. The highest BCUT2D eigenvalue weighted by atomic mass is 28.4. The van der Waals surface area contributed by atoms with Gasteiger partial charge in [0.2, 0.25) is 0 Å². The van der Waals surface area contributed by atoms with Crippen LogP contribution in [-0.2, 0) is 15.7 Å². The molecule has 31 heavy (non-hydrogen) atoms. The number of imidazole rings is 1. The first-order chi connectivity index (χ1) is 14.9. The largest absolute Gasteiger partial charge is 0.461 e. The molecule has 0 fully saturated rings. The Kier molecular flexibility index (Phi) is 7.46. The molecule has 0 aliphatic heterocycles. The summed E-state index contributed by atoms with van der Waals surface area (Å²) in [6.45, 7) is 10.3. The van der Waals surface area contributed by atoms with Gasteiger partial charge in [-0.3, -0.25) is 0 Å². The van der Waals surface area contributed by atoms with Gasteiger partial charge in [-0.1, -0.05) is 81.4 Å². The summed E-state index contributed by atoms with van der Waals surface area (Å²) in [7, 11) is -2.51. The summed E-state index contributed by atoms with van der Waals surface area (Å²) in [5.41, 5.74) is 0.342. The predicted molar refractivity (Wildman–Crippen MR) is 126 cm³/mol. The van der Waals surface area contributed by atoms with Crippen LogP contribution in [0.5, 0.6) is 0 Å². The number of ether oxygens (including phenoxy) is 1. The van der Waals surface area contributed by atoms with Gasteiger partial charge >= 0.3 is 5.97 Å². The molecule has 0 bridgehead atoms. The molecule has 164 valence electrons. The van der Waals surface area contributed by atoms with E-state index in [9.17, 15) is 4.79 Å². The third-order valence-electron chi connectivity index (χ3n) is 5.41. The van der Waals surface area contributed by atoms with Crippen molar-refractivity contribution in [1.82, 2.24) is 9.55 Å². The van der Waals surface area contributed by atoms with E-state index >= 15 is 0 Å². The Balaban J connectivity index is 1.78. The summed E-state index contributed by atoms with van der Waals surface area (Å²) in [4.78, 5) is 16.0. The molecule has 1 heterocycles. The van der Waals surface area contributed by atoms with Crippen molar-refractivity contribution in [3.8, 4) is 0 Å². The van der Waals surface area contributed by atoms with Crippen molar-refractivity contribution >= 4 is 24.7 Å². The number of rotatable bonds is 9. The molecule has 0 aliphatic carbocycles. The monoisotopic (exact) mass is 436 g/mol. The summed E-state index contributed by atoms with van der Waals surface area (Å²) in [6.07, 6.45) is 4.24. The third-order valence-corrected chi connectivity index (χ3v) is 10.5. The highest BCUT2D eigenvalue weighted by molar-refractivity contribution is 6.99. The molecule has 6 heteroatoms. The van der Waals surface area contributed by atoms with Crippen molar-refractivity contribution in [2.45, 2.75) is 45.7 Å². The van der Waals surface area contributed by atoms with Gasteiger partial charge in [-0.25, -0.2) is 9.78 Å². The van der Waals surface area contributed by atoms with Gasteiger partial charge in [-0.2, -0.15) is 0 Å². The zero-order valence-corrected chi connectivity index (χ0v) is 19.9. The number of hydrogen-bond acceptors (Lipinski definition) is 4. The van der Waals surface area contributed by atoms with Crippen molar-refractivity contribution in [2.75, 3.05) is 13.2 Å². The van der Waals surface area contributed by atoms with Crippen LogP contribution in [0.15, 0.2) is 73.2 Å². The lowest BCUT2D eigenvalue weighted by atomic mass is 10.2. The molecule has 0 saturated heterocycles. The van der Waals surface area contributed by atoms with Crippen LogP contribution < -0.4 is 10.4 Å². The molecule has 5 nitrogen and oxygen atoms in total. The van der Waals surface area contributed by atoms with E-state index in [-0.39, 0.29) is 11.0 Å². The van der Waals surface area contributed by atoms with Gasteiger partial charge in [0.1, 0.15) is 0 Å². The van der Waals surface area contributed by atoms with Gasteiger partial charge in [0.05, 0.1) is 12.9 Å². The molecule has 0 aliphatic rings. The van der Waals surface area contributed by atoms with Gasteiger partial charge in [0, 0.05) is 19.3 Å². The van der Waals surface area contributed by atoms with Crippen molar-refractivity contribution < 1.29 is 14.0 Å². The molecule has 0 saturated carbocycles. The summed E-state index contributed by atoms with van der Waals surface area (Å²) in [6, 6.07) is 21.3. The number of benzene rings is 2. The first kappa shape index (κ1) is 23.0. The van der Waals surface area contributed by atoms with Gasteiger partial charge in [0.25, 0.3) is 8.32 Å². The fourth-order valence-corrected chi connectivity index (χ4v) is 8.63. The Morgan fingerprint density at radius 1 is 1.00 bits per heavy atom. The minimum absolute atomic E-state index is 0.0399. The number of carbonyl (C=O) groups is 1. The molecule has 0 unspecified atom stereocenters. The Bertz CT molecular complexity index is 926. The quantitative estimate of drug-likeness (QED) is 0.289. The summed E-state index contributed by atoms with van der Waals surface area (Å²) in [5.74, 6) is -0.384. The lowest BCUT2D eigenvalue weighted by molar-refractivity contribution is 0.0520. The maximum absolute atomic E-state index is 11.8. The Morgan fingerprint density at radius 3 is 2.10 bits per heavy atom. The Hall–Kier alpha value is -2.70. The van der Waals surface area contributed by atoms with E-state index in [1.54, 1.807) is 19.4 Å². The van der Waals surface area contributed by atoms with Crippen LogP contribution in [0.4, 0.5) is 0 Å². The average molecular weight is 437 g/mol. The van der Waals surface area contributed by atoms with E-state index in [1.807, 2.05) is 4.57 Å². The van der Waals surface area contributed by atoms with Crippen LogP contribution in [-0.4, -0.2) is 37.1 Å². The molecular weight excluding hydrogens is 404 g/mol. The molecule has 0 atom stereocenters. The van der Waals surface area contributed by atoms with E-state index in [0.29, 0.717) is 18.9 Å². The number of nitrogens with zero attached hydrogens (tertiary/aromatic N) is 2. The smallest absolute Gasteiger partial charge is 0.358 e. The standard InChI is InChI=1S/C25H32N2O3Si/c1-5-29-24(28)23-19-27(20-26-23)17-12-18-30-31(25(2,3)4,21-13-8-6-9-14-21)22-15-10-7-11-16-22/h6-11,13-16,19-20H,5,12,17-18H2,1-4H3. The van der Waals surface area contributed by atoms with E-state index in [0.717, 1.165) is 13.0 Å². The second-order valence-electron chi connectivity index (χ2n) is 8.58. The van der Waals surface area contributed by atoms with Crippen molar-refractivity contribution in [1.29, 1.82) is 0 Å². The molecule has 0 amide bonds. The van der Waals surface area contributed by atoms with Crippen LogP contribution in [0.25, 0.3) is 0 Å². The van der Waals surface area contributed by atoms with Crippen LogP contribution in [0, 0.1) is 0 Å². The van der Waals surface area contributed by atoms with Gasteiger partial charge in [0.15, 0.2) is 5.69 Å². The van der Waals surface area contributed by atoms with E-state index in [4.69, 9.17) is 9.16 Å². The first-order valence-electron chi connectivity index (χ1n) is 10.8. The lowest BCUT2D eigenvalue weighted by Gasteiger charge is -2.43. The maximum atomic E-state index is 11.8. The molecule has 0 radical (unpaired) electrons. The minimum Gasteiger partial charge on any atom is -0.461 e. The van der Waals surface area contributed by atoms with E-state index in [1.165, 1.54) is 10.4 Å². The molecule has 3 rings (SSSR count). The van der Waals surface area contributed by atoms with Gasteiger partial charge in [-0.05, 0) is 28.8 Å². The van der Waals surface area contributed by atoms with Crippen molar-refractivity contribution in [3.63, 3.8) is 0 Å². The number of hydrogen-bond donors (Lipinski definition) is 0. The van der Waals surface area contributed by atoms with Crippen molar-refractivity contribution in [2.24, 2.45) is 0 Å². The summed E-state index contributed by atoms with van der Waals surface area (Å²) < 4.78 is 13.8. The average Bonchev–Trinajstić information content (AvgIpc) is 3.24. The normalized spacial score (nSPS) is 12.0. The van der Waals surface area contributed by atoms with Crippen molar-refractivity contribution in [3.05, 3.63) is 78.9 Å². The SMILES string of the molecule is CCOC(=O)c1cn(CCCO[Si](c2ccccc2)(c2ccccc2)C(C)(C)C)cn1. The fraction of sp³-hybridized carbons (Fsp3) is 0.360. The molecule has 3 aromatic rings. The highest BCUT2D eigenvalue weighted by Crippen LogP contribution is 2.36. The zero-order valence-electron chi connectivity index (χ0n) is 18.9. The minimum atomic E-state index is -2.51. The topological polar surface area (TPSA) is 53.4 Å². The maximum Gasteiger partial charge on any atom is 0.358 e. The van der Waals surface area contributed by atoms with Crippen LogP contribution in [0.2, 0.25) is 5.04 Å². The Labute approximate surface area is 186 Å². The van der Waals surface area contributed by atoms with Crippen LogP contribution >= 0.6 is 0 Å². The zero-order chi connectivity index (χ0) is 22.3. The second-order valence-corrected chi connectivity index (χ2v) is 12.9.